The van der Waals surface area contributed by atoms with Crippen molar-refractivity contribution in [3.8, 4) is 0 Å². The molecule has 0 saturated carbocycles. The summed E-state index contributed by atoms with van der Waals surface area (Å²) >= 11 is 0. The minimum absolute atomic E-state index is 0.720. The van der Waals surface area contributed by atoms with Crippen LogP contribution in [-0.4, -0.2) is 45.8 Å². The highest BCUT2D eigenvalue weighted by molar-refractivity contribution is 4.54. The summed E-state index contributed by atoms with van der Waals surface area (Å²) in [5.41, 5.74) is 5.33. The number of nitrogens with one attached hydrogen (secondary N) is 3. The van der Waals surface area contributed by atoms with Gasteiger partial charge in [-0.05, 0) is 13.0 Å². The molecule has 0 aromatic rings. The summed E-state index contributed by atoms with van der Waals surface area (Å²) in [4.78, 5) is 0. The van der Waals surface area contributed by atoms with E-state index in [1.165, 1.54) is 6.42 Å². The van der Waals surface area contributed by atoms with Gasteiger partial charge in [0, 0.05) is 39.3 Å². The Bertz CT molecular complexity index is 77.7. The maximum Gasteiger partial charge on any atom is 0.00772 e. The molecule has 0 unspecified atom stereocenters. The zero-order valence-electron chi connectivity index (χ0n) is 8.73. The molecule has 5 N–H and O–H groups in total. The van der Waals surface area contributed by atoms with Crippen LogP contribution < -0.4 is 21.7 Å². The number of hydrogen-bond donors (Lipinski definition) is 4. The molecule has 0 aromatic heterocycles. The fourth-order valence-corrected chi connectivity index (χ4v) is 1.01. The Morgan fingerprint density at radius 3 is 1.69 bits per heavy atom. The zero-order valence-corrected chi connectivity index (χ0v) is 8.73. The van der Waals surface area contributed by atoms with Gasteiger partial charge < -0.3 is 21.7 Å². The molecule has 0 radical (unpaired) electrons. The van der Waals surface area contributed by atoms with E-state index >= 15 is 0 Å². The van der Waals surface area contributed by atoms with Crippen molar-refractivity contribution < 1.29 is 0 Å². The van der Waals surface area contributed by atoms with Gasteiger partial charge in [0.25, 0.3) is 0 Å². The van der Waals surface area contributed by atoms with Crippen molar-refractivity contribution in [1.82, 2.24) is 16.0 Å². The van der Waals surface area contributed by atoms with Crippen LogP contribution in [0.1, 0.15) is 13.3 Å². The van der Waals surface area contributed by atoms with Gasteiger partial charge in [-0.25, -0.2) is 0 Å². The minimum atomic E-state index is 0.720. The molecule has 13 heavy (non-hydrogen) atoms. The van der Waals surface area contributed by atoms with Crippen molar-refractivity contribution in [3.63, 3.8) is 0 Å². The molecule has 0 atom stereocenters. The molecular weight excluding hydrogens is 164 g/mol. The lowest BCUT2D eigenvalue weighted by molar-refractivity contribution is 0.581. The topological polar surface area (TPSA) is 62.1 Å². The second-order valence-electron chi connectivity index (χ2n) is 3.04. The molecule has 0 fully saturated rings. The van der Waals surface area contributed by atoms with Crippen LogP contribution in [0.5, 0.6) is 0 Å². The predicted molar refractivity (Wildman–Crippen MR) is 58.0 cm³/mol. The first-order valence-corrected chi connectivity index (χ1v) is 5.24. The molecular formula is C9H24N4. The molecule has 4 nitrogen and oxygen atoms in total. The quantitative estimate of drug-likeness (QED) is 0.336. The summed E-state index contributed by atoms with van der Waals surface area (Å²) in [5, 5.41) is 9.90. The first-order chi connectivity index (χ1) is 6.41. The van der Waals surface area contributed by atoms with E-state index in [0.29, 0.717) is 0 Å². The summed E-state index contributed by atoms with van der Waals surface area (Å²) in [6, 6.07) is 0. The summed E-state index contributed by atoms with van der Waals surface area (Å²) in [7, 11) is 0. The highest BCUT2D eigenvalue weighted by Gasteiger charge is 1.87. The highest BCUT2D eigenvalue weighted by atomic mass is 15.0. The van der Waals surface area contributed by atoms with Gasteiger partial charge >= 0.3 is 0 Å². The molecule has 0 rings (SSSR count). The van der Waals surface area contributed by atoms with Crippen molar-refractivity contribution in [3.05, 3.63) is 0 Å². The van der Waals surface area contributed by atoms with E-state index in [0.717, 1.165) is 45.8 Å². The molecule has 0 amide bonds. The van der Waals surface area contributed by atoms with E-state index in [1.807, 2.05) is 0 Å². The van der Waals surface area contributed by atoms with Crippen LogP contribution >= 0.6 is 0 Å². The maximum absolute atomic E-state index is 5.33. The maximum atomic E-state index is 5.33. The van der Waals surface area contributed by atoms with Gasteiger partial charge in [-0.2, -0.15) is 0 Å². The Balaban J connectivity index is 2.76. The van der Waals surface area contributed by atoms with Gasteiger partial charge in [0.2, 0.25) is 0 Å². The van der Waals surface area contributed by atoms with E-state index in [2.05, 4.69) is 22.9 Å². The normalized spacial score (nSPS) is 10.6. The number of hydrogen-bond acceptors (Lipinski definition) is 4. The Kier molecular flexibility index (Phi) is 11.7. The van der Waals surface area contributed by atoms with E-state index < -0.39 is 0 Å². The fourth-order valence-electron chi connectivity index (χ4n) is 1.01. The number of rotatable bonds is 10. The molecule has 0 saturated heterocycles. The largest absolute Gasteiger partial charge is 0.329 e. The van der Waals surface area contributed by atoms with Crippen LogP contribution in [0.4, 0.5) is 0 Å². The lowest BCUT2D eigenvalue weighted by Crippen LogP contribution is -2.34. The summed E-state index contributed by atoms with van der Waals surface area (Å²) in [5.74, 6) is 0. The van der Waals surface area contributed by atoms with Crippen LogP contribution in [0.25, 0.3) is 0 Å². The Morgan fingerprint density at radius 1 is 0.769 bits per heavy atom. The first-order valence-electron chi connectivity index (χ1n) is 5.24. The van der Waals surface area contributed by atoms with Crippen molar-refractivity contribution in [1.29, 1.82) is 0 Å². The van der Waals surface area contributed by atoms with E-state index in [4.69, 9.17) is 5.73 Å². The zero-order chi connectivity index (χ0) is 9.78. The Hall–Kier alpha value is -0.160. The van der Waals surface area contributed by atoms with Crippen molar-refractivity contribution in [2.45, 2.75) is 13.3 Å². The van der Waals surface area contributed by atoms with Crippen LogP contribution in [0, 0.1) is 0 Å². The Labute approximate surface area is 81.6 Å². The van der Waals surface area contributed by atoms with E-state index in [-0.39, 0.29) is 0 Å². The lowest BCUT2D eigenvalue weighted by atomic mass is 10.4. The van der Waals surface area contributed by atoms with Crippen LogP contribution in [0.2, 0.25) is 0 Å². The SMILES string of the molecule is CCCNCCNCCNCCN. The average molecular weight is 188 g/mol. The van der Waals surface area contributed by atoms with Crippen LogP contribution in [0.3, 0.4) is 0 Å². The minimum Gasteiger partial charge on any atom is -0.329 e. The second kappa shape index (κ2) is 11.8. The third-order valence-corrected chi connectivity index (χ3v) is 1.70. The van der Waals surface area contributed by atoms with Crippen LogP contribution in [0.15, 0.2) is 0 Å². The third-order valence-electron chi connectivity index (χ3n) is 1.70. The third kappa shape index (κ3) is 11.8. The fraction of sp³-hybridized carbons (Fsp3) is 1.00. The van der Waals surface area contributed by atoms with Crippen LogP contribution in [-0.2, 0) is 0 Å². The van der Waals surface area contributed by atoms with Crippen molar-refractivity contribution in [2.24, 2.45) is 5.73 Å². The molecule has 0 spiro atoms. The smallest absolute Gasteiger partial charge is 0.00772 e. The van der Waals surface area contributed by atoms with E-state index in [1.54, 1.807) is 0 Å². The molecule has 0 aliphatic rings. The predicted octanol–water partition coefficient (Wildman–Crippen LogP) is -0.876. The molecule has 0 heterocycles. The molecule has 0 aliphatic carbocycles. The van der Waals surface area contributed by atoms with Crippen molar-refractivity contribution >= 4 is 0 Å². The van der Waals surface area contributed by atoms with Gasteiger partial charge in [0.15, 0.2) is 0 Å². The summed E-state index contributed by atoms with van der Waals surface area (Å²) in [6.45, 7) is 9.06. The van der Waals surface area contributed by atoms with Gasteiger partial charge in [-0.3, -0.25) is 0 Å². The van der Waals surface area contributed by atoms with E-state index in [9.17, 15) is 0 Å². The van der Waals surface area contributed by atoms with Gasteiger partial charge in [-0.1, -0.05) is 6.92 Å². The molecule has 0 bridgehead atoms. The summed E-state index contributed by atoms with van der Waals surface area (Å²) in [6.07, 6.45) is 1.21. The highest BCUT2D eigenvalue weighted by Crippen LogP contribution is 1.67. The van der Waals surface area contributed by atoms with Gasteiger partial charge in [0.1, 0.15) is 0 Å². The Morgan fingerprint density at radius 2 is 1.23 bits per heavy atom. The monoisotopic (exact) mass is 188 g/mol. The lowest BCUT2D eigenvalue weighted by Gasteiger charge is -2.06. The second-order valence-corrected chi connectivity index (χ2v) is 3.04. The number of nitrogens with two attached hydrogens (primary N) is 1. The molecule has 4 heteroatoms. The van der Waals surface area contributed by atoms with Crippen molar-refractivity contribution in [2.75, 3.05) is 45.8 Å². The molecule has 80 valence electrons. The molecule has 0 aliphatic heterocycles. The first kappa shape index (κ1) is 12.8. The van der Waals surface area contributed by atoms with Gasteiger partial charge in [0.05, 0.1) is 0 Å². The summed E-state index contributed by atoms with van der Waals surface area (Å²) < 4.78 is 0. The van der Waals surface area contributed by atoms with Gasteiger partial charge in [-0.15, -0.1) is 0 Å². The molecule has 0 aromatic carbocycles. The average Bonchev–Trinajstić information content (AvgIpc) is 2.16. The standard InChI is InChI=1S/C9H24N4/c1-2-4-11-6-8-13-9-7-12-5-3-10/h11-13H,2-10H2,1H3.